The molecule has 1 unspecified atom stereocenters. The number of ether oxygens (including phenoxy) is 1. The van der Waals surface area contributed by atoms with Crippen molar-refractivity contribution in [3.8, 4) is 11.5 Å². The van der Waals surface area contributed by atoms with Crippen LogP contribution in [0.5, 0.6) is 0 Å². The second-order valence-electron chi connectivity index (χ2n) is 8.10. The van der Waals surface area contributed by atoms with Crippen LogP contribution >= 0.6 is 11.6 Å². The minimum atomic E-state index is -0.446. The molecule has 0 spiro atoms. The minimum absolute atomic E-state index is 0.103. The first-order valence-corrected chi connectivity index (χ1v) is 12.5. The quantitative estimate of drug-likeness (QED) is 0.349. The van der Waals surface area contributed by atoms with Crippen LogP contribution in [0, 0.1) is 23.6 Å². The number of carbonyl (C=O) groups excluding carboxylic acids is 1. The number of methoxy groups -OCH3 is 1. The summed E-state index contributed by atoms with van der Waals surface area (Å²) in [4.78, 5) is 25.6. The summed E-state index contributed by atoms with van der Waals surface area (Å²) in [5, 5.41) is 8.84. The van der Waals surface area contributed by atoms with Gasteiger partial charge in [0.25, 0.3) is 0 Å². The summed E-state index contributed by atoms with van der Waals surface area (Å²) in [5.74, 6) is 0.562. The van der Waals surface area contributed by atoms with E-state index in [1.54, 1.807) is 2.49 Å². The van der Waals surface area contributed by atoms with Crippen molar-refractivity contribution in [2.75, 3.05) is 12.4 Å². The Labute approximate surface area is 199 Å². The Balaban J connectivity index is 1.53. The van der Waals surface area contributed by atoms with Gasteiger partial charge < -0.3 is 0 Å². The van der Waals surface area contributed by atoms with E-state index in [0.29, 0.717) is 71.3 Å². The van der Waals surface area contributed by atoms with Crippen molar-refractivity contribution >= 4 is 60.5 Å². The zero-order valence-corrected chi connectivity index (χ0v) is 22.0. The summed E-state index contributed by atoms with van der Waals surface area (Å²) in [6, 6.07) is 1.29. The van der Waals surface area contributed by atoms with Gasteiger partial charge in [0.2, 0.25) is 0 Å². The topological polar surface area (TPSA) is 94.8 Å². The summed E-state index contributed by atoms with van der Waals surface area (Å²) in [6.07, 6.45) is 6.88. The molecular formula is C20H19ClFN6O2Tl. The van der Waals surface area contributed by atoms with Gasteiger partial charge in [-0.3, -0.25) is 0 Å². The summed E-state index contributed by atoms with van der Waals surface area (Å²) in [7, 11) is 1.43. The number of carbonyl (C=O) groups is 1. The van der Waals surface area contributed by atoms with Crippen LogP contribution < -0.4 is 5.32 Å². The van der Waals surface area contributed by atoms with Crippen LogP contribution in [0.4, 0.5) is 10.2 Å². The Morgan fingerprint density at radius 2 is 2.00 bits per heavy atom. The average Bonchev–Trinajstić information content (AvgIpc) is 3.11. The van der Waals surface area contributed by atoms with E-state index in [0.717, 1.165) is 25.7 Å². The molecule has 0 aliphatic heterocycles. The van der Waals surface area contributed by atoms with Crippen LogP contribution in [0.3, 0.4) is 0 Å². The first-order valence-electron chi connectivity index (χ1n) is 10.1. The van der Waals surface area contributed by atoms with E-state index < -0.39 is 5.82 Å². The number of esters is 1. The zero-order valence-electron chi connectivity index (χ0n) is 16.8. The summed E-state index contributed by atoms with van der Waals surface area (Å²) < 4.78 is 20.7. The maximum absolute atomic E-state index is 13.8. The molecule has 3 aliphatic carbocycles. The first kappa shape index (κ1) is 21.0. The third-order valence-corrected chi connectivity index (χ3v) is 8.14. The molecule has 3 aromatic heterocycles. The van der Waals surface area contributed by atoms with Crippen molar-refractivity contribution in [3.63, 3.8) is 0 Å². The van der Waals surface area contributed by atoms with Crippen molar-refractivity contribution < 1.29 is 13.9 Å². The van der Waals surface area contributed by atoms with Gasteiger partial charge in [-0.25, -0.2) is 0 Å². The molecular weight excluding hydrogens is 615 g/mol. The third-order valence-electron chi connectivity index (χ3n) is 6.46. The number of fused-ring (bicyclic) bond motifs is 4. The molecule has 0 saturated heterocycles. The Bertz CT molecular complexity index is 1170. The van der Waals surface area contributed by atoms with Gasteiger partial charge in [0.15, 0.2) is 0 Å². The monoisotopic (exact) mass is 634 g/mol. The molecule has 2 bridgehead atoms. The molecule has 2 atom stereocenters. The number of hydrogen-bond donors (Lipinski definition) is 1. The summed E-state index contributed by atoms with van der Waals surface area (Å²) in [5.41, 5.74) is 1.06. The van der Waals surface area contributed by atoms with Crippen molar-refractivity contribution in [2.24, 2.45) is 17.8 Å². The zero-order chi connectivity index (χ0) is 21.7. The number of rotatable bonds is 4. The number of halogens is 2. The predicted molar refractivity (Wildman–Crippen MR) is 113 cm³/mol. The average molecular weight is 634 g/mol. The Kier molecular flexibility index (Phi) is 5.57. The van der Waals surface area contributed by atoms with Crippen molar-refractivity contribution in [1.82, 2.24) is 22.5 Å². The van der Waals surface area contributed by atoms with Gasteiger partial charge >= 0.3 is 200 Å². The first-order chi connectivity index (χ1) is 15.0. The second kappa shape index (κ2) is 8.23. The Morgan fingerprint density at radius 3 is 2.74 bits per heavy atom. The SMILES string of the molecule is COC(=O)[C@@H]1C2CCC(CC2)C1Nc1nc(-c2n[n]([Tl])c3ncc(F)cc23)ncc1Cl. The van der Waals surface area contributed by atoms with Gasteiger partial charge in [-0.15, -0.1) is 0 Å². The van der Waals surface area contributed by atoms with Gasteiger partial charge in [0.05, 0.1) is 0 Å². The van der Waals surface area contributed by atoms with Gasteiger partial charge in [-0.2, -0.15) is 0 Å². The fraction of sp³-hybridized carbons (Fsp3) is 0.450. The Morgan fingerprint density at radius 1 is 1.26 bits per heavy atom. The van der Waals surface area contributed by atoms with Crippen molar-refractivity contribution in [3.05, 3.63) is 29.3 Å². The molecule has 0 radical (unpaired) electrons. The van der Waals surface area contributed by atoms with E-state index in [2.05, 4.69) is 25.4 Å². The second-order valence-corrected chi connectivity index (χ2v) is 10.4. The van der Waals surface area contributed by atoms with E-state index in [-0.39, 0.29) is 17.9 Å². The fourth-order valence-electron chi connectivity index (χ4n) is 5.04. The van der Waals surface area contributed by atoms with Crippen LogP contribution in [-0.4, -0.2) is 67.7 Å². The van der Waals surface area contributed by atoms with Crippen LogP contribution in [0.1, 0.15) is 25.7 Å². The molecule has 3 aliphatic rings. The molecule has 1 N–H and O–H groups in total. The number of nitrogens with zero attached hydrogens (tertiary/aromatic N) is 5. The predicted octanol–water partition coefficient (Wildman–Crippen LogP) is 3.00. The van der Waals surface area contributed by atoms with Crippen LogP contribution in [0.25, 0.3) is 22.6 Å². The van der Waals surface area contributed by atoms with E-state index in [4.69, 9.17) is 16.3 Å². The van der Waals surface area contributed by atoms with E-state index >= 15 is 0 Å². The van der Waals surface area contributed by atoms with Crippen LogP contribution in [0.15, 0.2) is 18.5 Å². The molecule has 3 saturated carbocycles. The van der Waals surface area contributed by atoms with Gasteiger partial charge in [-0.1, -0.05) is 0 Å². The number of aromatic nitrogens is 5. The summed E-state index contributed by atoms with van der Waals surface area (Å²) >= 11 is 6.77. The molecule has 8 nitrogen and oxygen atoms in total. The van der Waals surface area contributed by atoms with Crippen molar-refractivity contribution in [1.29, 1.82) is 0 Å². The van der Waals surface area contributed by atoms with Crippen molar-refractivity contribution in [2.45, 2.75) is 31.7 Å². The molecule has 158 valence electrons. The van der Waals surface area contributed by atoms with Crippen LogP contribution in [-0.2, 0) is 9.53 Å². The van der Waals surface area contributed by atoms with Gasteiger partial charge in [0.1, 0.15) is 0 Å². The number of pyridine rings is 1. The van der Waals surface area contributed by atoms with E-state index in [1.165, 1.54) is 25.6 Å². The van der Waals surface area contributed by atoms with Gasteiger partial charge in [0, 0.05) is 0 Å². The molecule has 0 aromatic carbocycles. The molecule has 0 amide bonds. The molecule has 3 fully saturated rings. The summed E-state index contributed by atoms with van der Waals surface area (Å²) in [6.45, 7) is 0. The van der Waals surface area contributed by atoms with E-state index in [1.807, 2.05) is 0 Å². The standard InChI is InChI=1S/C20H19ClFN6O2.Tl/c1-30-20(29)14-9-2-4-10(5-3-9)15(14)25-18-13(21)8-24-19(26-18)16-12-6-11(22)7-23-17(12)28-27-16;/h6-10,14-15H,2-5H2,1H3,(H-,23,24,25,26,27,28);/q-1;+1/t9?,10?,14-,15?;/m1./s1. The number of hydrogen-bond acceptors (Lipinski definition) is 7. The third kappa shape index (κ3) is 3.69. The Hall–Kier alpha value is -1.89. The molecule has 31 heavy (non-hydrogen) atoms. The molecule has 11 heteroatoms. The molecule has 3 aromatic rings. The molecule has 3 heterocycles. The molecule has 6 rings (SSSR count). The number of anilines is 1. The fourth-order valence-corrected chi connectivity index (χ4v) is 6.43. The van der Waals surface area contributed by atoms with Gasteiger partial charge in [-0.05, 0) is 0 Å². The maximum atomic E-state index is 13.8. The van der Waals surface area contributed by atoms with E-state index in [9.17, 15) is 9.18 Å². The normalized spacial score (nSPS) is 25.0. The number of nitrogens with one attached hydrogen (secondary N) is 1. The van der Waals surface area contributed by atoms with Crippen LogP contribution in [0.2, 0.25) is 5.02 Å².